The summed E-state index contributed by atoms with van der Waals surface area (Å²) in [7, 11) is 0. The second-order valence-electron chi connectivity index (χ2n) is 4.52. The number of rotatable bonds is 5. The summed E-state index contributed by atoms with van der Waals surface area (Å²) in [5.41, 5.74) is 0.385. The highest BCUT2D eigenvalue weighted by Crippen LogP contribution is 2.22. The van der Waals surface area contributed by atoms with Gasteiger partial charge < -0.3 is 14.8 Å². The number of thioether (sulfide) groups is 1. The third kappa shape index (κ3) is 4.19. The maximum Gasteiger partial charge on any atom is 0.251 e. The van der Waals surface area contributed by atoms with E-state index in [-0.39, 0.29) is 16.7 Å². The maximum atomic E-state index is 12.2. The molecule has 1 amide bonds. The lowest BCUT2D eigenvalue weighted by molar-refractivity contribution is -0.115. The molecule has 2 rings (SSSR count). The van der Waals surface area contributed by atoms with Gasteiger partial charge >= 0.3 is 0 Å². The van der Waals surface area contributed by atoms with E-state index in [1.54, 1.807) is 19.9 Å². The van der Waals surface area contributed by atoms with Crippen molar-refractivity contribution in [1.82, 2.24) is 15.1 Å². The van der Waals surface area contributed by atoms with Gasteiger partial charge in [-0.15, -0.1) is 0 Å². The molecular formula is C13H16N4O3S. The molecule has 0 aliphatic carbocycles. The number of carbonyl (C=O) groups excluding carboxylic acids is 1. The highest BCUT2D eigenvalue weighted by atomic mass is 32.2. The Morgan fingerprint density at radius 2 is 2.24 bits per heavy atom. The first-order chi connectivity index (χ1) is 9.97. The summed E-state index contributed by atoms with van der Waals surface area (Å²) >= 11 is 1.21. The maximum absolute atomic E-state index is 12.2. The van der Waals surface area contributed by atoms with Crippen LogP contribution in [0.5, 0.6) is 0 Å². The molecule has 0 bridgehead atoms. The molecule has 2 heterocycles. The number of H-pyrrole nitrogens is 1. The highest BCUT2D eigenvalue weighted by molar-refractivity contribution is 8.00. The Labute approximate surface area is 125 Å². The molecule has 7 nitrogen and oxygen atoms in total. The van der Waals surface area contributed by atoms with Crippen LogP contribution < -0.4 is 10.9 Å². The number of amides is 1. The van der Waals surface area contributed by atoms with Crippen LogP contribution in [0.1, 0.15) is 24.8 Å². The van der Waals surface area contributed by atoms with Crippen LogP contribution in [0.15, 0.2) is 26.6 Å². The van der Waals surface area contributed by atoms with Gasteiger partial charge in [-0.05, 0) is 20.3 Å². The fourth-order valence-corrected chi connectivity index (χ4v) is 2.65. The van der Waals surface area contributed by atoms with E-state index in [2.05, 4.69) is 20.4 Å². The molecule has 0 aromatic carbocycles. The normalized spacial score (nSPS) is 12.1. The van der Waals surface area contributed by atoms with E-state index in [9.17, 15) is 9.59 Å². The molecule has 0 saturated carbocycles. The smallest absolute Gasteiger partial charge is 0.251 e. The Morgan fingerprint density at radius 1 is 1.48 bits per heavy atom. The fraction of sp³-hybridized carbons (Fsp3) is 0.385. The van der Waals surface area contributed by atoms with Crippen molar-refractivity contribution in [2.24, 2.45) is 0 Å². The third-order valence-electron chi connectivity index (χ3n) is 2.64. The van der Waals surface area contributed by atoms with Gasteiger partial charge in [0.1, 0.15) is 5.76 Å². The molecular weight excluding hydrogens is 292 g/mol. The van der Waals surface area contributed by atoms with Crippen LogP contribution in [-0.2, 0) is 4.79 Å². The van der Waals surface area contributed by atoms with Crippen LogP contribution in [-0.4, -0.2) is 26.3 Å². The number of aromatic nitrogens is 3. The van der Waals surface area contributed by atoms with Gasteiger partial charge in [-0.3, -0.25) is 9.59 Å². The Kier molecular flexibility index (Phi) is 4.79. The number of carbonyl (C=O) groups is 1. The summed E-state index contributed by atoms with van der Waals surface area (Å²) in [6.07, 6.45) is 0.588. The average molecular weight is 308 g/mol. The van der Waals surface area contributed by atoms with Crippen LogP contribution in [0, 0.1) is 13.8 Å². The summed E-state index contributed by atoms with van der Waals surface area (Å²) in [4.78, 5) is 30.4. The average Bonchev–Trinajstić information content (AvgIpc) is 2.80. The third-order valence-corrected chi connectivity index (χ3v) is 3.89. The van der Waals surface area contributed by atoms with E-state index in [1.165, 1.54) is 17.8 Å². The van der Waals surface area contributed by atoms with Gasteiger partial charge in [0.05, 0.1) is 5.25 Å². The first kappa shape index (κ1) is 15.3. The van der Waals surface area contributed by atoms with Crippen molar-refractivity contribution < 1.29 is 9.32 Å². The molecule has 0 aliphatic rings. The molecule has 8 heteroatoms. The van der Waals surface area contributed by atoms with Gasteiger partial charge in [0.15, 0.2) is 11.0 Å². The van der Waals surface area contributed by atoms with Crippen LogP contribution in [0.25, 0.3) is 0 Å². The SMILES string of the molecule is CC[C@@H](Sc1nc(C)cc(=O)[nH]1)C(=O)Nc1cc(C)on1. The molecule has 0 fully saturated rings. The van der Waals surface area contributed by atoms with E-state index in [4.69, 9.17) is 4.52 Å². The number of nitrogens with one attached hydrogen (secondary N) is 2. The molecule has 0 radical (unpaired) electrons. The molecule has 112 valence electrons. The second-order valence-corrected chi connectivity index (χ2v) is 5.71. The second kappa shape index (κ2) is 6.57. The van der Waals surface area contributed by atoms with E-state index in [0.29, 0.717) is 28.8 Å². The zero-order valence-electron chi connectivity index (χ0n) is 12.0. The molecule has 0 aliphatic heterocycles. The standard InChI is InChI=1S/C13H16N4O3S/c1-4-9(12(19)15-10-6-8(3)20-17-10)21-13-14-7(2)5-11(18)16-13/h5-6,9H,4H2,1-3H3,(H,14,16,18)(H,15,17,19)/t9-/m1/s1. The summed E-state index contributed by atoms with van der Waals surface area (Å²) in [5, 5.41) is 6.44. The first-order valence-electron chi connectivity index (χ1n) is 6.46. The van der Waals surface area contributed by atoms with Crippen LogP contribution >= 0.6 is 11.8 Å². The van der Waals surface area contributed by atoms with Gasteiger partial charge in [0, 0.05) is 17.8 Å². The summed E-state index contributed by atoms with van der Waals surface area (Å²) < 4.78 is 4.90. The molecule has 0 saturated heterocycles. The lowest BCUT2D eigenvalue weighted by Crippen LogP contribution is -2.25. The number of anilines is 1. The van der Waals surface area contributed by atoms with Gasteiger partial charge in [0.2, 0.25) is 5.91 Å². The molecule has 0 spiro atoms. The summed E-state index contributed by atoms with van der Waals surface area (Å²) in [5.74, 6) is 0.790. The Morgan fingerprint density at radius 3 is 2.81 bits per heavy atom. The minimum absolute atomic E-state index is 0.208. The van der Waals surface area contributed by atoms with E-state index in [1.807, 2.05) is 6.92 Å². The quantitative estimate of drug-likeness (QED) is 0.646. The topological polar surface area (TPSA) is 101 Å². The van der Waals surface area contributed by atoms with Crippen molar-refractivity contribution in [3.05, 3.63) is 33.9 Å². The minimum Gasteiger partial charge on any atom is -0.360 e. The van der Waals surface area contributed by atoms with Crippen molar-refractivity contribution in [3.63, 3.8) is 0 Å². The minimum atomic E-state index is -0.382. The van der Waals surface area contributed by atoms with Gasteiger partial charge in [-0.25, -0.2) is 4.98 Å². The molecule has 2 N–H and O–H groups in total. The first-order valence-corrected chi connectivity index (χ1v) is 7.34. The largest absolute Gasteiger partial charge is 0.360 e. The van der Waals surface area contributed by atoms with Crippen molar-refractivity contribution in [2.45, 2.75) is 37.6 Å². The van der Waals surface area contributed by atoms with E-state index < -0.39 is 0 Å². The van der Waals surface area contributed by atoms with Crippen LogP contribution in [0.4, 0.5) is 5.82 Å². The monoisotopic (exact) mass is 308 g/mol. The number of aromatic amines is 1. The Balaban J connectivity index is 2.08. The molecule has 1 atom stereocenters. The lowest BCUT2D eigenvalue weighted by atomic mass is 10.3. The molecule has 21 heavy (non-hydrogen) atoms. The highest BCUT2D eigenvalue weighted by Gasteiger charge is 2.20. The Bertz CT molecular complexity index is 695. The number of aryl methyl sites for hydroxylation is 2. The summed E-state index contributed by atoms with van der Waals surface area (Å²) in [6.45, 7) is 5.37. The van der Waals surface area contributed by atoms with Crippen LogP contribution in [0.2, 0.25) is 0 Å². The van der Waals surface area contributed by atoms with Crippen LogP contribution in [0.3, 0.4) is 0 Å². The van der Waals surface area contributed by atoms with E-state index in [0.717, 1.165) is 0 Å². The number of nitrogens with zero attached hydrogens (tertiary/aromatic N) is 2. The number of hydrogen-bond acceptors (Lipinski definition) is 6. The van der Waals surface area contributed by atoms with Crippen molar-refractivity contribution in [3.8, 4) is 0 Å². The number of hydrogen-bond donors (Lipinski definition) is 2. The predicted molar refractivity (Wildman–Crippen MR) is 79.4 cm³/mol. The van der Waals surface area contributed by atoms with Crippen molar-refractivity contribution in [2.75, 3.05) is 5.32 Å². The van der Waals surface area contributed by atoms with Gasteiger partial charge in [0.25, 0.3) is 5.56 Å². The molecule has 2 aromatic rings. The lowest BCUT2D eigenvalue weighted by Gasteiger charge is -2.12. The zero-order chi connectivity index (χ0) is 15.4. The van der Waals surface area contributed by atoms with Crippen molar-refractivity contribution in [1.29, 1.82) is 0 Å². The van der Waals surface area contributed by atoms with Crippen molar-refractivity contribution >= 4 is 23.5 Å². The van der Waals surface area contributed by atoms with E-state index >= 15 is 0 Å². The van der Waals surface area contributed by atoms with Gasteiger partial charge in [-0.2, -0.15) is 0 Å². The molecule has 0 unspecified atom stereocenters. The summed E-state index contributed by atoms with van der Waals surface area (Å²) in [6, 6.07) is 3.05. The molecule has 2 aromatic heterocycles. The Hall–Kier alpha value is -2.09. The zero-order valence-corrected chi connectivity index (χ0v) is 12.8. The fourth-order valence-electron chi connectivity index (χ4n) is 1.70. The predicted octanol–water partition coefficient (Wildman–Crippen LogP) is 1.88. The van der Waals surface area contributed by atoms with Gasteiger partial charge in [-0.1, -0.05) is 23.8 Å².